The van der Waals surface area contributed by atoms with Gasteiger partial charge in [0.15, 0.2) is 9.84 Å². The minimum absolute atomic E-state index is 0.263. The Bertz CT molecular complexity index is 572. The highest BCUT2D eigenvalue weighted by atomic mass is 32.2. The highest BCUT2D eigenvalue weighted by Gasteiger charge is 2.34. The summed E-state index contributed by atoms with van der Waals surface area (Å²) in [6, 6.07) is 3.44. The predicted octanol–water partition coefficient (Wildman–Crippen LogP) is 2.28. The van der Waals surface area contributed by atoms with Gasteiger partial charge in [-0.15, -0.1) is 0 Å². The van der Waals surface area contributed by atoms with Gasteiger partial charge in [-0.25, -0.2) is 8.42 Å². The molecule has 0 amide bonds. The van der Waals surface area contributed by atoms with Crippen LogP contribution in [0.25, 0.3) is 0 Å². The lowest BCUT2D eigenvalue weighted by molar-refractivity contribution is 0.408. The molecular formula is C15H23NO3S. The second kappa shape index (κ2) is 5.74. The van der Waals surface area contributed by atoms with Crippen molar-refractivity contribution in [1.29, 1.82) is 0 Å². The maximum Gasteiger partial charge on any atom is 0.155 e. The average molecular weight is 297 g/mol. The van der Waals surface area contributed by atoms with Crippen molar-refractivity contribution < 1.29 is 13.2 Å². The van der Waals surface area contributed by atoms with E-state index in [1.165, 1.54) is 0 Å². The summed E-state index contributed by atoms with van der Waals surface area (Å²) in [7, 11) is -1.43. The molecule has 5 heteroatoms. The van der Waals surface area contributed by atoms with Crippen LogP contribution in [-0.2, 0) is 9.84 Å². The molecule has 0 aromatic heterocycles. The normalized spacial score (nSPS) is 23.3. The van der Waals surface area contributed by atoms with E-state index in [0.717, 1.165) is 35.3 Å². The van der Waals surface area contributed by atoms with E-state index in [2.05, 4.69) is 0 Å². The van der Waals surface area contributed by atoms with Gasteiger partial charge in [-0.2, -0.15) is 0 Å². The summed E-state index contributed by atoms with van der Waals surface area (Å²) in [5.41, 5.74) is 9.12. The maximum absolute atomic E-state index is 12.2. The molecule has 0 spiro atoms. The molecule has 1 aromatic carbocycles. The Morgan fingerprint density at radius 3 is 2.35 bits per heavy atom. The first-order valence-electron chi connectivity index (χ1n) is 6.99. The minimum atomic E-state index is -3.07. The molecule has 0 saturated carbocycles. The van der Waals surface area contributed by atoms with Gasteiger partial charge in [-0.05, 0) is 43.4 Å². The third-order valence-corrected chi connectivity index (χ3v) is 6.41. The Kier molecular flexibility index (Phi) is 4.39. The zero-order valence-corrected chi connectivity index (χ0v) is 13.2. The van der Waals surface area contributed by atoms with Crippen molar-refractivity contribution >= 4 is 9.84 Å². The van der Waals surface area contributed by atoms with Crippen LogP contribution < -0.4 is 10.5 Å². The number of sulfone groups is 1. The molecule has 1 saturated heterocycles. The van der Waals surface area contributed by atoms with Crippen molar-refractivity contribution in [1.82, 2.24) is 0 Å². The van der Waals surface area contributed by atoms with E-state index < -0.39 is 21.1 Å². The predicted molar refractivity (Wildman–Crippen MR) is 80.8 cm³/mol. The second-order valence-corrected chi connectivity index (χ2v) is 7.95. The average Bonchev–Trinajstić information content (AvgIpc) is 2.37. The molecule has 1 heterocycles. The van der Waals surface area contributed by atoms with Gasteiger partial charge in [0, 0.05) is 6.04 Å². The first-order valence-corrected chi connectivity index (χ1v) is 8.70. The van der Waals surface area contributed by atoms with Crippen molar-refractivity contribution in [2.45, 2.75) is 44.4 Å². The molecular weight excluding hydrogens is 274 g/mol. The Morgan fingerprint density at radius 2 is 1.85 bits per heavy atom. The van der Waals surface area contributed by atoms with Crippen molar-refractivity contribution in [2.24, 2.45) is 5.73 Å². The smallest absolute Gasteiger partial charge is 0.155 e. The third-order valence-electron chi connectivity index (χ3n) is 4.10. The minimum Gasteiger partial charge on any atom is -0.496 e. The molecule has 2 atom stereocenters. The monoisotopic (exact) mass is 297 g/mol. The molecule has 20 heavy (non-hydrogen) atoms. The Hall–Kier alpha value is -1.07. The summed E-state index contributed by atoms with van der Waals surface area (Å²) in [5, 5.41) is -0.455. The topological polar surface area (TPSA) is 69.4 Å². The summed E-state index contributed by atoms with van der Waals surface area (Å²) in [4.78, 5) is 0. The van der Waals surface area contributed by atoms with E-state index in [4.69, 9.17) is 10.5 Å². The van der Waals surface area contributed by atoms with Crippen LogP contribution in [0.1, 0.15) is 42.0 Å². The molecule has 1 fully saturated rings. The first kappa shape index (κ1) is 15.3. The molecule has 112 valence electrons. The van der Waals surface area contributed by atoms with Crippen LogP contribution in [0.2, 0.25) is 0 Å². The second-order valence-electron chi connectivity index (χ2n) is 5.61. The SMILES string of the molecule is COc1c(C)cc(C(N)C2CCCCS2(=O)=O)cc1C. The molecule has 1 aliphatic heterocycles. The molecule has 0 radical (unpaired) electrons. The van der Waals surface area contributed by atoms with Gasteiger partial charge in [-0.3, -0.25) is 0 Å². The molecule has 1 aliphatic rings. The highest BCUT2D eigenvalue weighted by molar-refractivity contribution is 7.92. The van der Waals surface area contributed by atoms with Gasteiger partial charge in [-0.1, -0.05) is 18.6 Å². The first-order chi connectivity index (χ1) is 9.36. The van der Waals surface area contributed by atoms with E-state index in [9.17, 15) is 8.42 Å². The lowest BCUT2D eigenvalue weighted by Crippen LogP contribution is -2.37. The molecule has 2 rings (SSSR count). The van der Waals surface area contributed by atoms with E-state index in [1.807, 2.05) is 26.0 Å². The number of ether oxygens (including phenoxy) is 1. The number of hydrogen-bond donors (Lipinski definition) is 1. The molecule has 1 aromatic rings. The summed E-state index contributed by atoms with van der Waals surface area (Å²) in [5.74, 6) is 1.10. The highest BCUT2D eigenvalue weighted by Crippen LogP contribution is 2.32. The summed E-state index contributed by atoms with van der Waals surface area (Å²) < 4.78 is 29.7. The molecule has 0 bridgehead atoms. The van der Waals surface area contributed by atoms with E-state index in [1.54, 1.807) is 7.11 Å². The van der Waals surface area contributed by atoms with Crippen LogP contribution in [0, 0.1) is 13.8 Å². The zero-order chi connectivity index (χ0) is 14.9. The fourth-order valence-electron chi connectivity index (χ4n) is 3.10. The van der Waals surface area contributed by atoms with Gasteiger partial charge in [0.1, 0.15) is 5.75 Å². The van der Waals surface area contributed by atoms with Crippen molar-refractivity contribution in [2.75, 3.05) is 12.9 Å². The summed E-state index contributed by atoms with van der Waals surface area (Å²) in [6.45, 7) is 3.91. The Balaban J connectivity index is 2.36. The number of aryl methyl sites for hydroxylation is 2. The summed E-state index contributed by atoms with van der Waals surface area (Å²) >= 11 is 0. The number of hydrogen-bond acceptors (Lipinski definition) is 4. The van der Waals surface area contributed by atoms with Gasteiger partial charge < -0.3 is 10.5 Å². The van der Waals surface area contributed by atoms with E-state index in [-0.39, 0.29) is 5.75 Å². The number of methoxy groups -OCH3 is 1. The Labute approximate surface area is 121 Å². The largest absolute Gasteiger partial charge is 0.496 e. The van der Waals surface area contributed by atoms with Crippen molar-refractivity contribution in [3.63, 3.8) is 0 Å². The molecule has 0 aliphatic carbocycles. The maximum atomic E-state index is 12.2. The molecule has 2 unspecified atom stereocenters. The lowest BCUT2D eigenvalue weighted by Gasteiger charge is -2.28. The van der Waals surface area contributed by atoms with Crippen LogP contribution in [0.5, 0.6) is 5.75 Å². The quantitative estimate of drug-likeness (QED) is 0.929. The van der Waals surface area contributed by atoms with Crippen LogP contribution in [0.4, 0.5) is 0 Å². The lowest BCUT2D eigenvalue weighted by atomic mass is 9.96. The number of benzene rings is 1. The fraction of sp³-hybridized carbons (Fsp3) is 0.600. The van der Waals surface area contributed by atoms with Crippen LogP contribution in [0.15, 0.2) is 12.1 Å². The standard InChI is InChI=1S/C15H23NO3S/c1-10-8-12(9-11(2)15(10)19-3)14(16)13-6-4-5-7-20(13,17)18/h8-9,13-14H,4-7,16H2,1-3H3. The number of nitrogens with two attached hydrogens (primary N) is 1. The third kappa shape index (κ3) is 2.83. The summed E-state index contributed by atoms with van der Waals surface area (Å²) in [6.07, 6.45) is 2.35. The Morgan fingerprint density at radius 1 is 1.25 bits per heavy atom. The van der Waals surface area contributed by atoms with Crippen molar-refractivity contribution in [3.8, 4) is 5.75 Å². The molecule has 2 N–H and O–H groups in total. The van der Waals surface area contributed by atoms with Gasteiger partial charge in [0.2, 0.25) is 0 Å². The van der Waals surface area contributed by atoms with Gasteiger partial charge in [0.25, 0.3) is 0 Å². The van der Waals surface area contributed by atoms with Gasteiger partial charge >= 0.3 is 0 Å². The van der Waals surface area contributed by atoms with Crippen LogP contribution >= 0.6 is 0 Å². The van der Waals surface area contributed by atoms with Crippen LogP contribution in [0.3, 0.4) is 0 Å². The van der Waals surface area contributed by atoms with Crippen molar-refractivity contribution in [3.05, 3.63) is 28.8 Å². The zero-order valence-electron chi connectivity index (χ0n) is 12.3. The number of rotatable bonds is 3. The van der Waals surface area contributed by atoms with E-state index in [0.29, 0.717) is 6.42 Å². The fourth-order valence-corrected chi connectivity index (χ4v) is 5.13. The van der Waals surface area contributed by atoms with Crippen LogP contribution in [-0.4, -0.2) is 26.5 Å². The molecule has 4 nitrogen and oxygen atoms in total. The van der Waals surface area contributed by atoms with Gasteiger partial charge in [0.05, 0.1) is 18.1 Å². The van der Waals surface area contributed by atoms with E-state index >= 15 is 0 Å².